The molecule has 0 aliphatic rings. The molecule has 6 heteroatoms. The SMILES string of the molecule is COc1ccc(Cn2nc(-c3ccccc3)c3cc(C(N)=Nc4ccccc4)ncc32)cc1. The van der Waals surface area contributed by atoms with Crippen molar-refractivity contribution in [1.82, 2.24) is 14.8 Å². The molecular formula is C27H23N5O. The fourth-order valence-corrected chi connectivity index (χ4v) is 3.74. The van der Waals surface area contributed by atoms with Crippen molar-refractivity contribution in [2.75, 3.05) is 7.11 Å². The van der Waals surface area contributed by atoms with Gasteiger partial charge in [0, 0.05) is 10.9 Å². The fraction of sp³-hybridized carbons (Fsp3) is 0.0741. The minimum Gasteiger partial charge on any atom is -0.497 e. The highest BCUT2D eigenvalue weighted by molar-refractivity contribution is 6.02. The minimum atomic E-state index is 0.366. The Balaban J connectivity index is 1.59. The Kier molecular flexibility index (Phi) is 5.55. The van der Waals surface area contributed by atoms with Crippen LogP contribution in [0.5, 0.6) is 5.75 Å². The number of fused-ring (bicyclic) bond motifs is 1. The number of aromatic nitrogens is 3. The van der Waals surface area contributed by atoms with Crippen LogP contribution in [-0.2, 0) is 6.54 Å². The third kappa shape index (κ3) is 4.32. The van der Waals surface area contributed by atoms with Crippen LogP contribution in [0, 0.1) is 0 Å². The van der Waals surface area contributed by atoms with E-state index in [9.17, 15) is 0 Å². The Labute approximate surface area is 192 Å². The number of ether oxygens (including phenoxy) is 1. The lowest BCUT2D eigenvalue weighted by atomic mass is 10.1. The van der Waals surface area contributed by atoms with Crippen molar-refractivity contribution in [2.24, 2.45) is 10.7 Å². The first-order chi connectivity index (χ1) is 16.2. The van der Waals surface area contributed by atoms with Crippen molar-refractivity contribution < 1.29 is 4.74 Å². The maximum Gasteiger partial charge on any atom is 0.150 e. The molecule has 0 bridgehead atoms. The summed E-state index contributed by atoms with van der Waals surface area (Å²) in [6, 6.07) is 29.7. The predicted octanol–water partition coefficient (Wildman–Crippen LogP) is 5.19. The zero-order valence-electron chi connectivity index (χ0n) is 18.2. The van der Waals surface area contributed by atoms with Gasteiger partial charge >= 0.3 is 0 Å². The van der Waals surface area contributed by atoms with Gasteiger partial charge in [-0.2, -0.15) is 5.10 Å². The number of pyridine rings is 1. The van der Waals surface area contributed by atoms with Gasteiger partial charge in [-0.15, -0.1) is 0 Å². The van der Waals surface area contributed by atoms with Crippen LogP contribution in [0.3, 0.4) is 0 Å². The fourth-order valence-electron chi connectivity index (χ4n) is 3.74. The maximum atomic E-state index is 6.31. The molecule has 0 unspecified atom stereocenters. The van der Waals surface area contributed by atoms with E-state index in [0.29, 0.717) is 18.1 Å². The van der Waals surface area contributed by atoms with E-state index in [1.54, 1.807) is 7.11 Å². The van der Waals surface area contributed by atoms with Crippen molar-refractivity contribution in [1.29, 1.82) is 0 Å². The lowest BCUT2D eigenvalue weighted by molar-refractivity contribution is 0.414. The number of amidine groups is 1. The third-order valence-electron chi connectivity index (χ3n) is 5.44. The monoisotopic (exact) mass is 433 g/mol. The van der Waals surface area contributed by atoms with Gasteiger partial charge in [-0.1, -0.05) is 60.7 Å². The van der Waals surface area contributed by atoms with Gasteiger partial charge in [0.2, 0.25) is 0 Å². The number of benzene rings is 3. The van der Waals surface area contributed by atoms with Crippen molar-refractivity contribution in [3.05, 3.63) is 108 Å². The second-order valence-electron chi connectivity index (χ2n) is 7.64. The Hall–Kier alpha value is -4.45. The molecule has 2 aromatic heterocycles. The van der Waals surface area contributed by atoms with Gasteiger partial charge in [0.25, 0.3) is 0 Å². The average Bonchev–Trinajstić information content (AvgIpc) is 3.23. The molecular weight excluding hydrogens is 410 g/mol. The Morgan fingerprint density at radius 2 is 1.64 bits per heavy atom. The van der Waals surface area contributed by atoms with E-state index in [1.807, 2.05) is 89.7 Å². The number of methoxy groups -OCH3 is 1. The second-order valence-corrected chi connectivity index (χ2v) is 7.64. The van der Waals surface area contributed by atoms with Gasteiger partial charge in [0.15, 0.2) is 0 Å². The molecule has 0 fully saturated rings. The zero-order chi connectivity index (χ0) is 22.6. The second kappa shape index (κ2) is 8.96. The van der Waals surface area contributed by atoms with E-state index < -0.39 is 0 Å². The molecule has 0 aliphatic carbocycles. The summed E-state index contributed by atoms with van der Waals surface area (Å²) in [7, 11) is 1.66. The number of nitrogens with zero attached hydrogens (tertiary/aromatic N) is 4. The van der Waals surface area contributed by atoms with E-state index in [1.165, 1.54) is 0 Å². The van der Waals surface area contributed by atoms with E-state index >= 15 is 0 Å². The summed E-state index contributed by atoms with van der Waals surface area (Å²) in [5.41, 5.74) is 11.7. The van der Waals surface area contributed by atoms with Crippen LogP contribution < -0.4 is 10.5 Å². The number of hydrogen-bond acceptors (Lipinski definition) is 4. The molecule has 6 nitrogen and oxygen atoms in total. The lowest BCUT2D eigenvalue weighted by Gasteiger charge is -2.06. The molecule has 2 N–H and O–H groups in total. The highest BCUT2D eigenvalue weighted by atomic mass is 16.5. The molecule has 3 aromatic carbocycles. The van der Waals surface area contributed by atoms with Crippen LogP contribution in [0.4, 0.5) is 5.69 Å². The van der Waals surface area contributed by atoms with Gasteiger partial charge in [0.05, 0.1) is 31.1 Å². The first-order valence-corrected chi connectivity index (χ1v) is 10.7. The van der Waals surface area contributed by atoms with Crippen LogP contribution in [0.1, 0.15) is 11.3 Å². The van der Waals surface area contributed by atoms with E-state index in [0.717, 1.165) is 39.2 Å². The van der Waals surface area contributed by atoms with Crippen LogP contribution >= 0.6 is 0 Å². The Morgan fingerprint density at radius 3 is 2.33 bits per heavy atom. The van der Waals surface area contributed by atoms with Gasteiger partial charge < -0.3 is 10.5 Å². The molecule has 0 saturated carbocycles. The van der Waals surface area contributed by atoms with Gasteiger partial charge in [-0.3, -0.25) is 9.67 Å². The van der Waals surface area contributed by atoms with E-state index in [-0.39, 0.29) is 0 Å². The lowest BCUT2D eigenvalue weighted by Crippen LogP contribution is -2.14. The highest BCUT2D eigenvalue weighted by Crippen LogP contribution is 2.29. The molecule has 33 heavy (non-hydrogen) atoms. The molecule has 5 rings (SSSR count). The highest BCUT2D eigenvalue weighted by Gasteiger charge is 2.15. The van der Waals surface area contributed by atoms with Crippen molar-refractivity contribution in [3.63, 3.8) is 0 Å². The number of hydrogen-bond donors (Lipinski definition) is 1. The summed E-state index contributed by atoms with van der Waals surface area (Å²) < 4.78 is 7.25. The number of nitrogens with two attached hydrogens (primary N) is 1. The Bertz CT molecular complexity index is 1410. The first kappa shape index (κ1) is 20.5. The summed E-state index contributed by atoms with van der Waals surface area (Å²) in [5.74, 6) is 1.19. The normalized spacial score (nSPS) is 11.6. The molecule has 0 amide bonds. The van der Waals surface area contributed by atoms with E-state index in [2.05, 4.69) is 22.1 Å². The van der Waals surface area contributed by atoms with Gasteiger partial charge in [-0.25, -0.2) is 4.99 Å². The molecule has 0 spiro atoms. The van der Waals surface area contributed by atoms with Crippen molar-refractivity contribution in [3.8, 4) is 17.0 Å². The molecule has 0 radical (unpaired) electrons. The molecule has 0 saturated heterocycles. The molecule has 0 aliphatic heterocycles. The Morgan fingerprint density at radius 1 is 0.939 bits per heavy atom. The third-order valence-corrected chi connectivity index (χ3v) is 5.44. The molecule has 0 atom stereocenters. The largest absolute Gasteiger partial charge is 0.497 e. The summed E-state index contributed by atoms with van der Waals surface area (Å²) in [5, 5.41) is 5.92. The minimum absolute atomic E-state index is 0.366. The summed E-state index contributed by atoms with van der Waals surface area (Å²) >= 11 is 0. The van der Waals surface area contributed by atoms with Crippen LogP contribution in [0.2, 0.25) is 0 Å². The number of aliphatic imine (C=N–C) groups is 1. The number of para-hydroxylation sites is 1. The smallest absolute Gasteiger partial charge is 0.150 e. The standard InChI is InChI=1S/C27H23N5O/c1-33-22-14-12-19(13-15-22)18-32-25-17-29-24(27(28)30-21-10-6-3-7-11-21)16-23(25)26(31-32)20-8-4-2-5-9-20/h2-17H,18H2,1H3,(H2,28,30). The zero-order valence-corrected chi connectivity index (χ0v) is 18.2. The van der Waals surface area contributed by atoms with Gasteiger partial charge in [0.1, 0.15) is 23.0 Å². The van der Waals surface area contributed by atoms with Crippen LogP contribution in [0.25, 0.3) is 22.2 Å². The first-order valence-electron chi connectivity index (χ1n) is 10.7. The average molecular weight is 434 g/mol. The van der Waals surface area contributed by atoms with Crippen molar-refractivity contribution >= 4 is 22.4 Å². The maximum absolute atomic E-state index is 6.31. The molecule has 5 aromatic rings. The number of rotatable bonds is 6. The summed E-state index contributed by atoms with van der Waals surface area (Å²) in [6.45, 7) is 0.613. The van der Waals surface area contributed by atoms with Gasteiger partial charge in [-0.05, 0) is 35.9 Å². The predicted molar refractivity (Wildman–Crippen MR) is 132 cm³/mol. The molecule has 162 valence electrons. The quantitative estimate of drug-likeness (QED) is 0.295. The summed E-state index contributed by atoms with van der Waals surface area (Å²) in [4.78, 5) is 9.13. The van der Waals surface area contributed by atoms with Crippen LogP contribution in [0.15, 0.2) is 102 Å². The topological polar surface area (TPSA) is 78.3 Å². The van der Waals surface area contributed by atoms with E-state index in [4.69, 9.17) is 15.6 Å². The molecule has 2 heterocycles. The summed E-state index contributed by atoms with van der Waals surface area (Å²) in [6.07, 6.45) is 1.82. The van der Waals surface area contributed by atoms with Crippen LogP contribution in [-0.4, -0.2) is 27.7 Å². The van der Waals surface area contributed by atoms with Crippen molar-refractivity contribution in [2.45, 2.75) is 6.54 Å².